The number of hydrogen-bond acceptors (Lipinski definition) is 5. The highest BCUT2D eigenvalue weighted by atomic mass is 79.9. The summed E-state index contributed by atoms with van der Waals surface area (Å²) < 4.78 is 16.0. The Morgan fingerprint density at radius 2 is 2.10 bits per heavy atom. The molecule has 1 rings (SSSR count). The molecule has 1 aromatic rings. The van der Waals surface area contributed by atoms with Crippen molar-refractivity contribution in [1.29, 1.82) is 0 Å². The molecule has 0 saturated carbocycles. The number of benzene rings is 1. The summed E-state index contributed by atoms with van der Waals surface area (Å²) in [4.78, 5) is 11.1. The maximum Gasteiger partial charge on any atom is 0.343 e. The van der Waals surface area contributed by atoms with E-state index in [1.54, 1.807) is 7.11 Å². The van der Waals surface area contributed by atoms with E-state index in [9.17, 15) is 4.79 Å². The molecule has 1 N–H and O–H groups in total. The largest absolute Gasteiger partial charge is 0.493 e. The minimum atomic E-state index is -0.437. The predicted molar refractivity (Wildman–Crippen MR) is 80.2 cm³/mol. The van der Waals surface area contributed by atoms with Gasteiger partial charge in [-0.1, -0.05) is 6.92 Å². The lowest BCUT2D eigenvalue weighted by molar-refractivity contribution is -0.142. The van der Waals surface area contributed by atoms with Crippen molar-refractivity contribution >= 4 is 21.9 Å². The van der Waals surface area contributed by atoms with Crippen LogP contribution < -0.4 is 14.8 Å². The summed E-state index contributed by atoms with van der Waals surface area (Å²) in [7, 11) is 2.89. The van der Waals surface area contributed by atoms with Crippen LogP contribution in [0.5, 0.6) is 11.5 Å². The molecular formula is C14H20BrNO4. The normalized spacial score (nSPS) is 10.2. The average Bonchev–Trinajstić information content (AvgIpc) is 2.45. The molecule has 0 saturated heterocycles. The van der Waals surface area contributed by atoms with Gasteiger partial charge in [-0.15, -0.1) is 0 Å². The van der Waals surface area contributed by atoms with Crippen molar-refractivity contribution in [1.82, 2.24) is 5.32 Å². The Morgan fingerprint density at radius 3 is 2.70 bits per heavy atom. The average molecular weight is 346 g/mol. The van der Waals surface area contributed by atoms with Crippen molar-refractivity contribution in [3.05, 3.63) is 22.2 Å². The molecule has 0 amide bonds. The molecular weight excluding hydrogens is 326 g/mol. The van der Waals surface area contributed by atoms with Crippen LogP contribution in [-0.4, -0.2) is 33.3 Å². The Kier molecular flexibility index (Phi) is 7.40. The molecule has 112 valence electrons. The van der Waals surface area contributed by atoms with Gasteiger partial charge in [0.15, 0.2) is 18.1 Å². The van der Waals surface area contributed by atoms with E-state index >= 15 is 0 Å². The van der Waals surface area contributed by atoms with Gasteiger partial charge in [0.05, 0.1) is 18.7 Å². The molecule has 0 radical (unpaired) electrons. The Morgan fingerprint density at radius 1 is 1.35 bits per heavy atom. The molecule has 0 bridgehead atoms. The minimum absolute atomic E-state index is 0.154. The van der Waals surface area contributed by atoms with E-state index in [4.69, 9.17) is 9.47 Å². The summed E-state index contributed by atoms with van der Waals surface area (Å²) >= 11 is 3.43. The van der Waals surface area contributed by atoms with Crippen molar-refractivity contribution in [2.45, 2.75) is 19.9 Å². The monoisotopic (exact) mass is 345 g/mol. The van der Waals surface area contributed by atoms with Crippen LogP contribution in [0.4, 0.5) is 0 Å². The molecule has 0 spiro atoms. The molecule has 1 aromatic carbocycles. The number of carbonyl (C=O) groups excluding carboxylic acids is 1. The summed E-state index contributed by atoms with van der Waals surface area (Å²) in [6.07, 6.45) is 1.08. The van der Waals surface area contributed by atoms with E-state index in [1.807, 2.05) is 12.1 Å². The summed E-state index contributed by atoms with van der Waals surface area (Å²) in [6.45, 7) is 3.67. The van der Waals surface area contributed by atoms with E-state index in [0.29, 0.717) is 11.5 Å². The Hall–Kier alpha value is -1.27. The van der Waals surface area contributed by atoms with Crippen LogP contribution in [0.2, 0.25) is 0 Å². The van der Waals surface area contributed by atoms with E-state index in [2.05, 4.69) is 32.9 Å². The van der Waals surface area contributed by atoms with Crippen LogP contribution in [0.15, 0.2) is 16.6 Å². The molecule has 0 fully saturated rings. The molecule has 0 aliphatic rings. The number of carbonyl (C=O) groups is 1. The molecule has 5 nitrogen and oxygen atoms in total. The second-order valence-electron chi connectivity index (χ2n) is 4.15. The van der Waals surface area contributed by atoms with Gasteiger partial charge in [-0.2, -0.15) is 0 Å². The second-order valence-corrected chi connectivity index (χ2v) is 5.00. The van der Waals surface area contributed by atoms with Gasteiger partial charge in [-0.05, 0) is 46.6 Å². The minimum Gasteiger partial charge on any atom is -0.493 e. The van der Waals surface area contributed by atoms with Gasteiger partial charge in [0.25, 0.3) is 0 Å². The molecule has 0 heterocycles. The fraction of sp³-hybridized carbons (Fsp3) is 0.500. The highest BCUT2D eigenvalue weighted by Gasteiger charge is 2.13. The SMILES string of the molecule is CCCNCc1cc(Br)c(OCC(=O)OC)c(OC)c1. The molecule has 0 aliphatic heterocycles. The first-order valence-corrected chi connectivity index (χ1v) is 7.18. The highest BCUT2D eigenvalue weighted by Crippen LogP contribution is 2.36. The van der Waals surface area contributed by atoms with Crippen molar-refractivity contribution < 1.29 is 19.0 Å². The quantitative estimate of drug-likeness (QED) is 0.579. The van der Waals surface area contributed by atoms with Crippen LogP contribution in [0.1, 0.15) is 18.9 Å². The van der Waals surface area contributed by atoms with Gasteiger partial charge in [-0.3, -0.25) is 0 Å². The maximum absolute atomic E-state index is 11.1. The van der Waals surface area contributed by atoms with E-state index in [0.717, 1.165) is 29.5 Å². The van der Waals surface area contributed by atoms with Crippen LogP contribution >= 0.6 is 15.9 Å². The fourth-order valence-corrected chi connectivity index (χ4v) is 2.22. The summed E-state index contributed by atoms with van der Waals surface area (Å²) in [5, 5.41) is 3.32. The standard InChI is InChI=1S/C14H20BrNO4/c1-4-5-16-8-10-6-11(15)14(12(7-10)18-2)20-9-13(17)19-3/h6-7,16H,4-5,8-9H2,1-3H3. The van der Waals surface area contributed by atoms with Crippen molar-refractivity contribution in [3.63, 3.8) is 0 Å². The lowest BCUT2D eigenvalue weighted by Crippen LogP contribution is -2.15. The van der Waals surface area contributed by atoms with Gasteiger partial charge in [-0.25, -0.2) is 4.79 Å². The molecule has 0 aliphatic carbocycles. The fourth-order valence-electron chi connectivity index (χ4n) is 1.61. The van der Waals surface area contributed by atoms with Crippen LogP contribution in [-0.2, 0) is 16.1 Å². The van der Waals surface area contributed by atoms with Crippen molar-refractivity contribution in [2.24, 2.45) is 0 Å². The lowest BCUT2D eigenvalue weighted by atomic mass is 10.2. The van der Waals surface area contributed by atoms with E-state index in [-0.39, 0.29) is 6.61 Å². The lowest BCUT2D eigenvalue weighted by Gasteiger charge is -2.14. The third kappa shape index (κ3) is 5.02. The molecule has 0 aromatic heterocycles. The number of rotatable bonds is 8. The summed E-state index contributed by atoms with van der Waals surface area (Å²) in [6, 6.07) is 3.83. The van der Waals surface area contributed by atoms with Gasteiger partial charge < -0.3 is 19.5 Å². The Balaban J connectivity index is 2.81. The summed E-state index contributed by atoms with van der Waals surface area (Å²) in [5.74, 6) is 0.640. The third-order valence-electron chi connectivity index (χ3n) is 2.61. The predicted octanol–water partition coefficient (Wildman–Crippen LogP) is 2.51. The van der Waals surface area contributed by atoms with Gasteiger partial charge in [0, 0.05) is 6.54 Å². The summed E-state index contributed by atoms with van der Waals surface area (Å²) in [5.41, 5.74) is 1.08. The first-order valence-electron chi connectivity index (χ1n) is 6.39. The molecule has 20 heavy (non-hydrogen) atoms. The first-order chi connectivity index (χ1) is 9.62. The van der Waals surface area contributed by atoms with E-state index < -0.39 is 5.97 Å². The zero-order valence-corrected chi connectivity index (χ0v) is 13.6. The number of esters is 1. The zero-order chi connectivity index (χ0) is 15.0. The topological polar surface area (TPSA) is 56.8 Å². The maximum atomic E-state index is 11.1. The highest BCUT2D eigenvalue weighted by molar-refractivity contribution is 9.10. The zero-order valence-electron chi connectivity index (χ0n) is 12.0. The second kappa shape index (κ2) is 8.81. The smallest absolute Gasteiger partial charge is 0.343 e. The number of halogens is 1. The number of ether oxygens (including phenoxy) is 3. The van der Waals surface area contributed by atoms with Crippen LogP contribution in [0.3, 0.4) is 0 Å². The van der Waals surface area contributed by atoms with Crippen molar-refractivity contribution in [3.8, 4) is 11.5 Å². The van der Waals surface area contributed by atoms with Gasteiger partial charge in [0.2, 0.25) is 0 Å². The molecule has 0 atom stereocenters. The Labute approximate surface area is 127 Å². The van der Waals surface area contributed by atoms with Gasteiger partial charge >= 0.3 is 5.97 Å². The number of hydrogen-bond donors (Lipinski definition) is 1. The van der Waals surface area contributed by atoms with Gasteiger partial charge in [0.1, 0.15) is 0 Å². The van der Waals surface area contributed by atoms with Crippen LogP contribution in [0.25, 0.3) is 0 Å². The third-order valence-corrected chi connectivity index (χ3v) is 3.20. The van der Waals surface area contributed by atoms with Crippen LogP contribution in [0, 0.1) is 0 Å². The van der Waals surface area contributed by atoms with Crippen molar-refractivity contribution in [2.75, 3.05) is 27.4 Å². The molecule has 6 heteroatoms. The number of methoxy groups -OCH3 is 2. The van der Waals surface area contributed by atoms with E-state index in [1.165, 1.54) is 7.11 Å². The Bertz CT molecular complexity index is 451. The first kappa shape index (κ1) is 16.8. The molecule has 0 unspecified atom stereocenters. The number of nitrogens with one attached hydrogen (secondary N) is 1.